The molecule has 0 unspecified atom stereocenters. The van der Waals surface area contributed by atoms with Gasteiger partial charge in [0.1, 0.15) is 0 Å². The molecule has 94 valence electrons. The van der Waals surface area contributed by atoms with Gasteiger partial charge in [-0.25, -0.2) is 4.79 Å². The van der Waals surface area contributed by atoms with Gasteiger partial charge in [0.25, 0.3) is 0 Å². The molecule has 0 aromatic rings. The molecule has 1 saturated heterocycles. The van der Waals surface area contributed by atoms with E-state index in [0.29, 0.717) is 4.90 Å². The van der Waals surface area contributed by atoms with Gasteiger partial charge in [0.2, 0.25) is 17.4 Å². The summed E-state index contributed by atoms with van der Waals surface area (Å²) >= 11 is 0. The quantitative estimate of drug-likeness (QED) is 0.593. The van der Waals surface area contributed by atoms with Crippen molar-refractivity contribution in [2.75, 3.05) is 0 Å². The van der Waals surface area contributed by atoms with Crippen LogP contribution in [0, 0.1) is 0 Å². The summed E-state index contributed by atoms with van der Waals surface area (Å²) < 4.78 is 0. The maximum absolute atomic E-state index is 11.7. The minimum Gasteiger partial charge on any atom is -0.479 e. The Labute approximate surface area is 97.6 Å². The van der Waals surface area contributed by atoms with Gasteiger partial charge in [0.15, 0.2) is 5.78 Å². The summed E-state index contributed by atoms with van der Waals surface area (Å²) in [6.45, 7) is 2.38. The molecule has 0 bridgehead atoms. The summed E-state index contributed by atoms with van der Waals surface area (Å²) in [7, 11) is 0. The van der Waals surface area contributed by atoms with Crippen molar-refractivity contribution in [3.8, 4) is 0 Å². The third kappa shape index (κ3) is 1.93. The van der Waals surface area contributed by atoms with Crippen LogP contribution in [0.3, 0.4) is 0 Å². The van der Waals surface area contributed by atoms with Crippen LogP contribution in [-0.2, 0) is 19.2 Å². The van der Waals surface area contributed by atoms with Gasteiger partial charge in [0.05, 0.1) is 6.04 Å². The van der Waals surface area contributed by atoms with Crippen molar-refractivity contribution in [1.29, 1.82) is 0 Å². The Morgan fingerprint density at radius 1 is 1.41 bits per heavy atom. The van der Waals surface area contributed by atoms with Crippen molar-refractivity contribution in [3.63, 3.8) is 0 Å². The minimum absolute atomic E-state index is 0.167. The number of ketones is 1. The van der Waals surface area contributed by atoms with Crippen LogP contribution in [0.1, 0.15) is 26.7 Å². The van der Waals surface area contributed by atoms with Crippen LogP contribution in [0.5, 0.6) is 0 Å². The monoisotopic (exact) mass is 242 g/mol. The first kappa shape index (κ1) is 13.3. The average Bonchev–Trinajstić information content (AvgIpc) is 2.23. The second kappa shape index (κ2) is 4.25. The number of hydrogen-bond donors (Lipinski definition) is 2. The largest absolute Gasteiger partial charge is 0.479 e. The Hall–Kier alpha value is -1.76. The van der Waals surface area contributed by atoms with E-state index in [0.717, 1.165) is 6.92 Å². The van der Waals surface area contributed by atoms with E-state index in [1.54, 1.807) is 0 Å². The average molecular weight is 242 g/mol. The van der Waals surface area contributed by atoms with Crippen LogP contribution >= 0.6 is 0 Å². The Morgan fingerprint density at radius 2 is 1.94 bits per heavy atom. The fraction of sp³-hybridized carbons (Fsp3) is 0.600. The number of carboxylic acids is 1. The number of imide groups is 1. The minimum atomic E-state index is -2.14. The molecule has 3 N–H and O–H groups in total. The van der Waals surface area contributed by atoms with Gasteiger partial charge in [-0.2, -0.15) is 0 Å². The molecule has 1 rings (SSSR count). The van der Waals surface area contributed by atoms with Gasteiger partial charge in [-0.1, -0.05) is 0 Å². The molecule has 0 spiro atoms. The number of carbonyl (C=O) groups excluding carboxylic acids is 3. The molecular weight excluding hydrogens is 228 g/mol. The SMILES string of the molecule is C[C@H](N)C(=O)N1C(=O)CCC(=O)[C@]1(C)C(=O)O. The molecule has 17 heavy (non-hydrogen) atoms. The second-order valence-corrected chi connectivity index (χ2v) is 4.16. The summed E-state index contributed by atoms with van der Waals surface area (Å²) in [6.07, 6.45) is -0.343. The van der Waals surface area contributed by atoms with Crippen LogP contribution < -0.4 is 5.73 Å². The molecule has 7 nitrogen and oxygen atoms in total. The number of amides is 2. The second-order valence-electron chi connectivity index (χ2n) is 4.16. The third-order valence-electron chi connectivity index (χ3n) is 2.83. The molecule has 1 fully saturated rings. The van der Waals surface area contributed by atoms with E-state index in [4.69, 9.17) is 10.8 Å². The van der Waals surface area contributed by atoms with Gasteiger partial charge in [-0.3, -0.25) is 19.3 Å². The molecule has 0 saturated carbocycles. The standard InChI is InChI=1S/C10H14N2O5/c1-5(11)8(15)12-7(14)4-3-6(13)10(12,2)9(16)17/h5H,3-4,11H2,1-2H3,(H,16,17)/t5-,10+/m0/s1. The van der Waals surface area contributed by atoms with Crippen molar-refractivity contribution in [3.05, 3.63) is 0 Å². The number of Topliss-reactive ketones (excluding diaryl/α,β-unsaturated/α-hetero) is 1. The summed E-state index contributed by atoms with van der Waals surface area (Å²) in [5.74, 6) is -3.73. The lowest BCUT2D eigenvalue weighted by Gasteiger charge is -2.39. The van der Waals surface area contributed by atoms with E-state index < -0.39 is 35.1 Å². The zero-order valence-electron chi connectivity index (χ0n) is 9.60. The van der Waals surface area contributed by atoms with Crippen molar-refractivity contribution in [2.45, 2.75) is 38.3 Å². The number of nitrogens with two attached hydrogens (primary N) is 1. The number of aliphatic carboxylic acids is 1. The molecule has 1 aliphatic heterocycles. The number of carbonyl (C=O) groups is 4. The first-order chi connectivity index (χ1) is 7.72. The molecule has 7 heteroatoms. The van der Waals surface area contributed by atoms with E-state index in [1.807, 2.05) is 0 Å². The Balaban J connectivity index is 3.28. The predicted molar refractivity (Wildman–Crippen MR) is 55.8 cm³/mol. The van der Waals surface area contributed by atoms with Crippen LogP contribution in [0.4, 0.5) is 0 Å². The lowest BCUT2D eigenvalue weighted by Crippen LogP contribution is -2.66. The van der Waals surface area contributed by atoms with E-state index in [2.05, 4.69) is 0 Å². The highest BCUT2D eigenvalue weighted by atomic mass is 16.4. The van der Waals surface area contributed by atoms with Crippen molar-refractivity contribution < 1.29 is 24.3 Å². The van der Waals surface area contributed by atoms with E-state index in [1.165, 1.54) is 6.92 Å². The summed E-state index contributed by atoms with van der Waals surface area (Å²) in [4.78, 5) is 46.7. The van der Waals surface area contributed by atoms with Gasteiger partial charge < -0.3 is 10.8 Å². The smallest absolute Gasteiger partial charge is 0.337 e. The van der Waals surface area contributed by atoms with Crippen LogP contribution in [0.15, 0.2) is 0 Å². The molecule has 1 aliphatic rings. The van der Waals surface area contributed by atoms with Gasteiger partial charge in [0, 0.05) is 12.8 Å². The van der Waals surface area contributed by atoms with Gasteiger partial charge in [-0.15, -0.1) is 0 Å². The van der Waals surface area contributed by atoms with Crippen LogP contribution in [-0.4, -0.2) is 45.2 Å². The molecule has 2 atom stereocenters. The van der Waals surface area contributed by atoms with E-state index >= 15 is 0 Å². The molecule has 0 radical (unpaired) electrons. The highest BCUT2D eigenvalue weighted by Crippen LogP contribution is 2.26. The Bertz CT molecular complexity index is 404. The molecule has 2 amide bonds. The number of nitrogens with zero attached hydrogens (tertiary/aromatic N) is 1. The third-order valence-corrected chi connectivity index (χ3v) is 2.83. The number of carboxylic acid groups (broad SMARTS) is 1. The van der Waals surface area contributed by atoms with Crippen LogP contribution in [0.25, 0.3) is 0 Å². The fourth-order valence-corrected chi connectivity index (χ4v) is 1.71. The van der Waals surface area contributed by atoms with Crippen molar-refractivity contribution in [2.24, 2.45) is 5.73 Å². The van der Waals surface area contributed by atoms with Crippen molar-refractivity contribution in [1.82, 2.24) is 4.90 Å². The van der Waals surface area contributed by atoms with Crippen molar-refractivity contribution >= 4 is 23.6 Å². The number of likely N-dealkylation sites (tertiary alicyclic amines) is 1. The van der Waals surface area contributed by atoms with Gasteiger partial charge in [-0.05, 0) is 13.8 Å². The van der Waals surface area contributed by atoms with Gasteiger partial charge >= 0.3 is 5.97 Å². The molecule has 1 heterocycles. The fourth-order valence-electron chi connectivity index (χ4n) is 1.71. The first-order valence-corrected chi connectivity index (χ1v) is 5.12. The number of piperidine rings is 1. The first-order valence-electron chi connectivity index (χ1n) is 5.12. The summed E-state index contributed by atoms with van der Waals surface area (Å²) in [6, 6.07) is -1.04. The maximum Gasteiger partial charge on any atom is 0.337 e. The zero-order valence-corrected chi connectivity index (χ0v) is 9.60. The zero-order chi connectivity index (χ0) is 13.4. The lowest BCUT2D eigenvalue weighted by molar-refractivity contribution is -0.173. The number of rotatable bonds is 2. The lowest BCUT2D eigenvalue weighted by atomic mass is 9.86. The molecule has 0 aromatic carbocycles. The summed E-state index contributed by atoms with van der Waals surface area (Å²) in [5.41, 5.74) is 3.21. The highest BCUT2D eigenvalue weighted by molar-refractivity contribution is 6.18. The summed E-state index contributed by atoms with van der Waals surface area (Å²) in [5, 5.41) is 9.08. The Morgan fingerprint density at radius 3 is 2.35 bits per heavy atom. The maximum atomic E-state index is 11.7. The van der Waals surface area contributed by atoms with E-state index in [9.17, 15) is 19.2 Å². The van der Waals surface area contributed by atoms with E-state index in [-0.39, 0.29) is 12.8 Å². The molecule has 0 aliphatic carbocycles. The van der Waals surface area contributed by atoms with Crippen LogP contribution in [0.2, 0.25) is 0 Å². The highest BCUT2D eigenvalue weighted by Gasteiger charge is 2.54. The Kier molecular flexibility index (Phi) is 3.33. The predicted octanol–water partition coefficient (Wildman–Crippen LogP) is -1.10. The molecule has 0 aromatic heterocycles. The topological polar surface area (TPSA) is 118 Å². The molecular formula is C10H14N2O5. The number of hydrogen-bond acceptors (Lipinski definition) is 5. The normalized spacial score (nSPS) is 26.9.